The first-order valence-corrected chi connectivity index (χ1v) is 11.4. The van der Waals surface area contributed by atoms with Crippen LogP contribution in [0.15, 0.2) is 47.5 Å². The molecule has 0 amide bonds. The van der Waals surface area contributed by atoms with Gasteiger partial charge in [0.15, 0.2) is 6.10 Å². The minimum absolute atomic E-state index is 0.259. The Morgan fingerprint density at radius 2 is 1.77 bits per heavy atom. The predicted molar refractivity (Wildman–Crippen MR) is 126 cm³/mol. The van der Waals surface area contributed by atoms with Crippen LogP contribution < -0.4 is 10.1 Å². The third-order valence-electron chi connectivity index (χ3n) is 6.50. The fraction of sp³-hybridized carbons (Fsp3) is 0.417. The molecule has 2 saturated heterocycles. The lowest BCUT2D eigenvalue weighted by Crippen LogP contribution is -2.61. The number of amidine groups is 1. The summed E-state index contributed by atoms with van der Waals surface area (Å²) < 4.78 is 11.0. The molecule has 0 bridgehead atoms. The number of likely N-dealkylation sites (N-methyl/N-ethyl adjacent to an activating group) is 1. The van der Waals surface area contributed by atoms with Gasteiger partial charge in [0.25, 0.3) is 0 Å². The molecule has 0 aromatic heterocycles. The molecule has 2 aromatic rings. The van der Waals surface area contributed by atoms with Crippen LogP contribution in [-0.2, 0) is 9.53 Å². The molecule has 5 atom stereocenters. The summed E-state index contributed by atoms with van der Waals surface area (Å²) in [6, 6.07) is 13.0. The lowest BCUT2D eigenvalue weighted by Gasteiger charge is -2.38. The number of piperazine rings is 1. The summed E-state index contributed by atoms with van der Waals surface area (Å²) in [5.41, 5.74) is 3.24. The van der Waals surface area contributed by atoms with Crippen molar-refractivity contribution in [2.45, 2.75) is 30.7 Å². The highest BCUT2D eigenvalue weighted by molar-refractivity contribution is 6.07. The molecule has 0 radical (unpaired) electrons. The van der Waals surface area contributed by atoms with E-state index in [4.69, 9.17) is 14.5 Å². The molecule has 0 spiro atoms. The molecule has 3 aliphatic rings. The van der Waals surface area contributed by atoms with E-state index < -0.39 is 36.7 Å². The summed E-state index contributed by atoms with van der Waals surface area (Å²) >= 11 is 0. The van der Waals surface area contributed by atoms with E-state index in [9.17, 15) is 25.2 Å². The lowest BCUT2D eigenvalue weighted by molar-refractivity contribution is -0.271. The molecule has 3 heterocycles. The molecule has 3 aliphatic heterocycles. The van der Waals surface area contributed by atoms with Gasteiger partial charge in [-0.2, -0.15) is 0 Å². The van der Waals surface area contributed by atoms with E-state index in [1.165, 1.54) is 0 Å². The van der Waals surface area contributed by atoms with Crippen molar-refractivity contribution in [2.75, 3.05) is 38.5 Å². The Morgan fingerprint density at radius 1 is 1.03 bits per heavy atom. The van der Waals surface area contributed by atoms with Crippen LogP contribution >= 0.6 is 0 Å². The van der Waals surface area contributed by atoms with Gasteiger partial charge in [0, 0.05) is 43.5 Å². The average molecular weight is 485 g/mol. The fourth-order valence-corrected chi connectivity index (χ4v) is 4.43. The fourth-order valence-electron chi connectivity index (χ4n) is 4.43. The van der Waals surface area contributed by atoms with Crippen LogP contribution in [-0.4, -0.2) is 106 Å². The summed E-state index contributed by atoms with van der Waals surface area (Å²) in [4.78, 5) is 20.9. The number of aliphatic imine (C=N–C) groups is 1. The Bertz CT molecular complexity index is 1130. The third-order valence-corrected chi connectivity index (χ3v) is 6.50. The number of benzene rings is 2. The Labute approximate surface area is 201 Å². The number of anilines is 2. The van der Waals surface area contributed by atoms with Gasteiger partial charge in [-0.25, -0.2) is 9.79 Å². The van der Waals surface area contributed by atoms with Crippen molar-refractivity contribution in [1.82, 2.24) is 9.80 Å². The summed E-state index contributed by atoms with van der Waals surface area (Å²) in [6.45, 7) is 3.49. The molecular weight excluding hydrogens is 456 g/mol. The number of aliphatic carboxylic acids is 1. The van der Waals surface area contributed by atoms with Crippen LogP contribution in [0.25, 0.3) is 0 Å². The van der Waals surface area contributed by atoms with Crippen molar-refractivity contribution in [3.63, 3.8) is 0 Å². The van der Waals surface area contributed by atoms with Crippen molar-refractivity contribution in [3.05, 3.63) is 48.0 Å². The van der Waals surface area contributed by atoms with Gasteiger partial charge in [0.1, 0.15) is 29.9 Å². The summed E-state index contributed by atoms with van der Waals surface area (Å²) in [5.74, 6) is -0.382. The number of rotatable bonds is 3. The molecule has 11 heteroatoms. The van der Waals surface area contributed by atoms with E-state index in [1.54, 1.807) is 18.2 Å². The van der Waals surface area contributed by atoms with E-state index >= 15 is 0 Å². The molecular formula is C24H28N4O7. The highest BCUT2D eigenvalue weighted by atomic mass is 16.7. The summed E-state index contributed by atoms with van der Waals surface area (Å²) in [6.07, 6.45) is -8.41. The van der Waals surface area contributed by atoms with Crippen molar-refractivity contribution in [1.29, 1.82) is 0 Å². The van der Waals surface area contributed by atoms with Crippen LogP contribution in [0.3, 0.4) is 0 Å². The highest BCUT2D eigenvalue weighted by Gasteiger charge is 2.48. The molecule has 11 nitrogen and oxygen atoms in total. The first-order valence-electron chi connectivity index (χ1n) is 11.4. The van der Waals surface area contributed by atoms with Crippen LogP contribution in [0.4, 0.5) is 17.1 Å². The molecule has 1 unspecified atom stereocenters. The van der Waals surface area contributed by atoms with Gasteiger partial charge in [-0.1, -0.05) is 12.1 Å². The highest BCUT2D eigenvalue weighted by Crippen LogP contribution is 2.38. The largest absolute Gasteiger partial charge is 0.479 e. The molecule has 5 N–H and O–H groups in total. The summed E-state index contributed by atoms with van der Waals surface area (Å²) in [7, 11) is 2.09. The second-order valence-corrected chi connectivity index (χ2v) is 8.93. The number of hydrogen-bond donors (Lipinski definition) is 5. The van der Waals surface area contributed by atoms with Gasteiger partial charge in [0.05, 0.1) is 11.4 Å². The zero-order valence-corrected chi connectivity index (χ0v) is 19.1. The number of aliphatic hydroxyl groups is 3. The SMILES string of the molecule is CN1CCN(C2=Nc3cc(OC4O[C@H](C(=O)O)[C@@H](O)[C@H](O)[C@H]4O)ccc3Nc3ccccc32)CC1. The maximum absolute atomic E-state index is 11.4. The van der Waals surface area contributed by atoms with Crippen LogP contribution in [0.2, 0.25) is 0 Å². The Morgan fingerprint density at radius 3 is 2.51 bits per heavy atom. The number of nitrogens with zero attached hydrogens (tertiary/aromatic N) is 3. The van der Waals surface area contributed by atoms with Crippen molar-refractivity contribution in [3.8, 4) is 5.75 Å². The number of aliphatic hydroxyl groups excluding tert-OH is 3. The quantitative estimate of drug-likeness (QED) is 0.413. The van der Waals surface area contributed by atoms with E-state index in [2.05, 4.69) is 22.2 Å². The first kappa shape index (κ1) is 23.5. The van der Waals surface area contributed by atoms with E-state index in [0.29, 0.717) is 5.69 Å². The van der Waals surface area contributed by atoms with Gasteiger partial charge < -0.3 is 45.0 Å². The molecule has 0 saturated carbocycles. The number of nitrogens with one attached hydrogen (secondary N) is 1. The topological polar surface area (TPSA) is 147 Å². The molecule has 35 heavy (non-hydrogen) atoms. The molecule has 5 rings (SSSR count). The lowest BCUT2D eigenvalue weighted by atomic mass is 9.99. The van der Waals surface area contributed by atoms with Crippen molar-refractivity contribution >= 4 is 28.9 Å². The van der Waals surface area contributed by atoms with Gasteiger partial charge in [-0.15, -0.1) is 0 Å². The number of carbonyl (C=O) groups is 1. The zero-order valence-electron chi connectivity index (χ0n) is 19.1. The van der Waals surface area contributed by atoms with Gasteiger partial charge >= 0.3 is 5.97 Å². The number of carboxylic acid groups (broad SMARTS) is 1. The van der Waals surface area contributed by atoms with Crippen LogP contribution in [0.5, 0.6) is 5.75 Å². The Hall–Kier alpha value is -3.22. The van der Waals surface area contributed by atoms with Crippen LogP contribution in [0, 0.1) is 0 Å². The number of hydrogen-bond acceptors (Lipinski definition) is 10. The molecule has 2 fully saturated rings. The van der Waals surface area contributed by atoms with Gasteiger partial charge in [-0.3, -0.25) is 0 Å². The van der Waals surface area contributed by atoms with Gasteiger partial charge in [-0.05, 0) is 31.3 Å². The summed E-state index contributed by atoms with van der Waals surface area (Å²) in [5, 5.41) is 43.0. The standard InChI is InChI=1S/C24H28N4O7/c1-27-8-10-28(11-9-27)22-14-4-2-3-5-15(14)25-16-7-6-13(12-17(16)26-22)34-24-20(31)18(29)19(30)21(35-24)23(32)33/h2-7,12,18-21,24-25,29-31H,8-11H2,1H3,(H,32,33)/t18-,19-,20+,21-,24?/m0/s1. The minimum Gasteiger partial charge on any atom is -0.479 e. The number of ether oxygens (including phenoxy) is 2. The predicted octanol–water partition coefficient (Wildman–Crippen LogP) is 0.340. The van der Waals surface area contributed by atoms with Crippen molar-refractivity contribution < 1.29 is 34.7 Å². The zero-order chi connectivity index (χ0) is 24.7. The number of carboxylic acids is 1. The number of para-hydroxylation sites is 1. The number of fused-ring (bicyclic) bond motifs is 2. The minimum atomic E-state index is -1.78. The maximum Gasteiger partial charge on any atom is 0.335 e. The van der Waals surface area contributed by atoms with E-state index in [1.807, 2.05) is 24.3 Å². The average Bonchev–Trinajstić information content (AvgIpc) is 3.01. The smallest absolute Gasteiger partial charge is 0.335 e. The van der Waals surface area contributed by atoms with E-state index in [0.717, 1.165) is 49.0 Å². The maximum atomic E-state index is 11.4. The second kappa shape index (κ2) is 9.44. The van der Waals surface area contributed by atoms with E-state index in [-0.39, 0.29) is 5.75 Å². The normalized spacial score (nSPS) is 28.7. The first-order chi connectivity index (χ1) is 16.8. The second-order valence-electron chi connectivity index (χ2n) is 8.93. The van der Waals surface area contributed by atoms with Crippen LogP contribution in [0.1, 0.15) is 5.56 Å². The molecule has 0 aliphatic carbocycles. The Balaban J connectivity index is 1.46. The third kappa shape index (κ3) is 4.56. The van der Waals surface area contributed by atoms with Gasteiger partial charge in [0.2, 0.25) is 6.29 Å². The molecule has 186 valence electrons. The molecule has 2 aromatic carbocycles. The monoisotopic (exact) mass is 484 g/mol. The Kier molecular flexibility index (Phi) is 6.34. The van der Waals surface area contributed by atoms with Crippen molar-refractivity contribution in [2.24, 2.45) is 4.99 Å².